The minimum absolute atomic E-state index is 0.0926. The van der Waals surface area contributed by atoms with Crippen molar-refractivity contribution in [3.8, 4) is 11.1 Å². The van der Waals surface area contributed by atoms with Crippen LogP contribution in [0.4, 0.5) is 0 Å². The molecule has 4 aromatic rings. The fourth-order valence-corrected chi connectivity index (χ4v) is 4.12. The van der Waals surface area contributed by atoms with Crippen molar-refractivity contribution < 1.29 is 14.7 Å². The average Bonchev–Trinajstić information content (AvgIpc) is 2.78. The minimum Gasteiger partial charge on any atom is -0.478 e. The van der Waals surface area contributed by atoms with Crippen LogP contribution in [0, 0.1) is 0 Å². The van der Waals surface area contributed by atoms with Gasteiger partial charge in [0.25, 0.3) is 5.91 Å². The van der Waals surface area contributed by atoms with Gasteiger partial charge in [-0.05, 0) is 47.5 Å². The first-order valence-corrected chi connectivity index (χ1v) is 10.1. The number of hydrogen-bond acceptors (Lipinski definition) is 2. The summed E-state index contributed by atoms with van der Waals surface area (Å²) in [7, 11) is 0. The van der Waals surface area contributed by atoms with Gasteiger partial charge in [0.2, 0.25) is 0 Å². The highest BCUT2D eigenvalue weighted by Gasteiger charge is 2.24. The zero-order valence-electron chi connectivity index (χ0n) is 17.1. The SMILES string of the molecule is CCN(CC)C(=O)c1ccc2ccccc2c1-c1c(C(=O)O)ccc2ccccc12. The van der Waals surface area contributed by atoms with Gasteiger partial charge in [0.05, 0.1) is 5.56 Å². The molecule has 4 aromatic carbocycles. The van der Waals surface area contributed by atoms with E-state index in [2.05, 4.69) is 0 Å². The normalized spacial score (nSPS) is 11.0. The number of carboxylic acid groups (broad SMARTS) is 1. The van der Waals surface area contributed by atoms with Gasteiger partial charge in [0.15, 0.2) is 0 Å². The Morgan fingerprint density at radius 1 is 0.700 bits per heavy atom. The predicted molar refractivity (Wildman–Crippen MR) is 121 cm³/mol. The van der Waals surface area contributed by atoms with Crippen LogP contribution in [-0.4, -0.2) is 35.0 Å². The molecule has 0 fully saturated rings. The maximum Gasteiger partial charge on any atom is 0.336 e. The Hall–Kier alpha value is -3.66. The molecule has 30 heavy (non-hydrogen) atoms. The number of nitrogens with zero attached hydrogens (tertiary/aromatic N) is 1. The van der Waals surface area contributed by atoms with Crippen molar-refractivity contribution in [2.45, 2.75) is 13.8 Å². The summed E-state index contributed by atoms with van der Waals surface area (Å²) < 4.78 is 0. The van der Waals surface area contributed by atoms with Crippen molar-refractivity contribution in [2.24, 2.45) is 0 Å². The fraction of sp³-hybridized carbons (Fsp3) is 0.154. The molecule has 4 rings (SSSR count). The van der Waals surface area contributed by atoms with Crippen LogP contribution < -0.4 is 0 Å². The molecule has 1 amide bonds. The molecule has 150 valence electrons. The third kappa shape index (κ3) is 3.20. The maximum atomic E-state index is 13.4. The van der Waals surface area contributed by atoms with Crippen LogP contribution in [0.1, 0.15) is 34.6 Å². The summed E-state index contributed by atoms with van der Waals surface area (Å²) in [6.45, 7) is 5.07. The second-order valence-corrected chi connectivity index (χ2v) is 7.20. The van der Waals surface area contributed by atoms with Gasteiger partial charge in [0, 0.05) is 29.8 Å². The minimum atomic E-state index is -1.01. The highest BCUT2D eigenvalue weighted by molar-refractivity contribution is 6.18. The van der Waals surface area contributed by atoms with Gasteiger partial charge in [-0.3, -0.25) is 4.79 Å². The van der Waals surface area contributed by atoms with Crippen LogP contribution in [0.2, 0.25) is 0 Å². The van der Waals surface area contributed by atoms with Gasteiger partial charge >= 0.3 is 5.97 Å². The molecule has 0 radical (unpaired) electrons. The number of hydrogen-bond donors (Lipinski definition) is 1. The largest absolute Gasteiger partial charge is 0.478 e. The second kappa shape index (κ2) is 7.99. The van der Waals surface area contributed by atoms with Gasteiger partial charge in [-0.15, -0.1) is 0 Å². The lowest BCUT2D eigenvalue weighted by molar-refractivity contribution is 0.0696. The lowest BCUT2D eigenvalue weighted by Crippen LogP contribution is -2.31. The number of carbonyl (C=O) groups excluding carboxylic acids is 1. The lowest BCUT2D eigenvalue weighted by atomic mass is 9.86. The number of amides is 1. The van der Waals surface area contributed by atoms with E-state index < -0.39 is 5.97 Å². The van der Waals surface area contributed by atoms with E-state index in [1.807, 2.05) is 80.6 Å². The molecule has 0 aromatic heterocycles. The second-order valence-electron chi connectivity index (χ2n) is 7.20. The molecule has 4 heteroatoms. The zero-order valence-corrected chi connectivity index (χ0v) is 17.1. The van der Waals surface area contributed by atoms with Crippen molar-refractivity contribution >= 4 is 33.4 Å². The molecule has 0 aliphatic carbocycles. The summed E-state index contributed by atoms with van der Waals surface area (Å²) in [5.41, 5.74) is 1.99. The van der Waals surface area contributed by atoms with E-state index in [9.17, 15) is 14.7 Å². The Balaban J connectivity index is 2.18. The first-order valence-electron chi connectivity index (χ1n) is 10.1. The third-order valence-electron chi connectivity index (χ3n) is 5.62. The lowest BCUT2D eigenvalue weighted by Gasteiger charge is -2.23. The molecule has 0 aliphatic rings. The molecule has 0 spiro atoms. The summed E-state index contributed by atoms with van der Waals surface area (Å²) in [6.07, 6.45) is 0. The van der Waals surface area contributed by atoms with Crippen LogP contribution in [-0.2, 0) is 0 Å². The van der Waals surface area contributed by atoms with Crippen LogP contribution in [0.25, 0.3) is 32.7 Å². The van der Waals surface area contributed by atoms with E-state index in [0.717, 1.165) is 21.5 Å². The molecule has 0 unspecified atom stereocenters. The molecule has 0 saturated carbocycles. The van der Waals surface area contributed by atoms with E-state index in [0.29, 0.717) is 29.8 Å². The van der Waals surface area contributed by atoms with Crippen LogP contribution in [0.3, 0.4) is 0 Å². The predicted octanol–water partition coefficient (Wildman–Crippen LogP) is 5.84. The molecular formula is C26H23NO3. The summed E-state index contributed by atoms with van der Waals surface area (Å²) >= 11 is 0. The van der Waals surface area contributed by atoms with E-state index in [1.54, 1.807) is 11.0 Å². The number of carbonyl (C=O) groups is 2. The highest BCUT2D eigenvalue weighted by Crippen LogP contribution is 2.39. The first kappa shape index (κ1) is 19.6. The van der Waals surface area contributed by atoms with E-state index in [1.165, 1.54) is 0 Å². The molecule has 0 atom stereocenters. The molecule has 4 nitrogen and oxygen atoms in total. The van der Waals surface area contributed by atoms with Crippen molar-refractivity contribution in [3.63, 3.8) is 0 Å². The summed E-state index contributed by atoms with van der Waals surface area (Å²) in [5, 5.41) is 13.6. The number of aromatic carboxylic acids is 1. The van der Waals surface area contributed by atoms with Gasteiger partial charge < -0.3 is 10.0 Å². The molecule has 0 aliphatic heterocycles. The summed E-state index contributed by atoms with van der Waals surface area (Å²) in [5.74, 6) is -1.10. The number of benzene rings is 4. The Bertz CT molecular complexity index is 1270. The Morgan fingerprint density at radius 3 is 1.67 bits per heavy atom. The number of carboxylic acids is 1. The zero-order chi connectivity index (χ0) is 21.3. The van der Waals surface area contributed by atoms with Crippen LogP contribution in [0.15, 0.2) is 72.8 Å². The molecular weight excluding hydrogens is 374 g/mol. The van der Waals surface area contributed by atoms with Gasteiger partial charge in [-0.2, -0.15) is 0 Å². The molecule has 0 saturated heterocycles. The van der Waals surface area contributed by atoms with Gasteiger partial charge in [-0.25, -0.2) is 4.79 Å². The Morgan fingerprint density at radius 2 is 1.17 bits per heavy atom. The smallest absolute Gasteiger partial charge is 0.336 e. The first-order chi connectivity index (χ1) is 14.6. The van der Waals surface area contributed by atoms with Crippen LogP contribution >= 0.6 is 0 Å². The van der Waals surface area contributed by atoms with Crippen LogP contribution in [0.5, 0.6) is 0 Å². The molecule has 1 N–H and O–H groups in total. The van der Waals surface area contributed by atoms with E-state index in [-0.39, 0.29) is 11.5 Å². The fourth-order valence-electron chi connectivity index (χ4n) is 4.12. The Kier molecular flexibility index (Phi) is 5.23. The van der Waals surface area contributed by atoms with Crippen molar-refractivity contribution in [1.82, 2.24) is 4.90 Å². The highest BCUT2D eigenvalue weighted by atomic mass is 16.4. The topological polar surface area (TPSA) is 57.6 Å². The average molecular weight is 397 g/mol. The number of rotatable bonds is 5. The van der Waals surface area contributed by atoms with E-state index >= 15 is 0 Å². The van der Waals surface area contributed by atoms with Crippen molar-refractivity contribution in [2.75, 3.05) is 13.1 Å². The summed E-state index contributed by atoms with van der Waals surface area (Å²) in [4.78, 5) is 27.4. The van der Waals surface area contributed by atoms with E-state index in [4.69, 9.17) is 0 Å². The molecule has 0 heterocycles. The monoisotopic (exact) mass is 397 g/mol. The van der Waals surface area contributed by atoms with Gasteiger partial charge in [0.1, 0.15) is 0 Å². The summed E-state index contributed by atoms with van der Waals surface area (Å²) in [6, 6.07) is 22.7. The standard InChI is InChI=1S/C26H23NO3/c1-3-27(4-2)25(28)21-15-13-17-9-5-7-11-19(17)23(21)24-20-12-8-6-10-18(20)14-16-22(24)26(29)30/h5-16H,3-4H2,1-2H3,(H,29,30). The Labute approximate surface area is 175 Å². The van der Waals surface area contributed by atoms with Crippen molar-refractivity contribution in [3.05, 3.63) is 83.9 Å². The third-order valence-corrected chi connectivity index (χ3v) is 5.62. The van der Waals surface area contributed by atoms with Gasteiger partial charge in [-0.1, -0.05) is 60.7 Å². The van der Waals surface area contributed by atoms with Crippen molar-refractivity contribution in [1.29, 1.82) is 0 Å². The maximum absolute atomic E-state index is 13.4. The molecule has 0 bridgehead atoms. The quantitative estimate of drug-likeness (QED) is 0.460. The number of fused-ring (bicyclic) bond motifs is 2.